The second-order valence-corrected chi connectivity index (χ2v) is 7.24. The van der Waals surface area contributed by atoms with Gasteiger partial charge in [0.1, 0.15) is 11.6 Å². The smallest absolute Gasteiger partial charge is 0.226 e. The first kappa shape index (κ1) is 19.3. The predicted molar refractivity (Wildman–Crippen MR) is 112 cm³/mol. The van der Waals surface area contributed by atoms with Crippen molar-refractivity contribution in [1.82, 2.24) is 9.78 Å². The minimum Gasteiger partial charge on any atom is -0.497 e. The maximum atomic E-state index is 12.2. The lowest BCUT2D eigenvalue weighted by Gasteiger charge is -2.09. The number of halogens is 1. The van der Waals surface area contributed by atoms with Gasteiger partial charge in [0.15, 0.2) is 0 Å². The monoisotopic (exact) mass is 401 g/mol. The highest BCUT2D eigenvalue weighted by Gasteiger charge is 2.14. The average molecular weight is 402 g/mol. The fraction of sp³-hybridized carbons (Fsp3) is 0.200. The zero-order valence-corrected chi connectivity index (χ0v) is 16.7. The number of carbonyl (C=O) groups excluding carboxylic acids is 1. The number of aromatic nitrogens is 2. The average Bonchev–Trinajstić information content (AvgIpc) is 3.10. The molecule has 1 aromatic heterocycles. The molecule has 0 unspecified atom stereocenters. The van der Waals surface area contributed by atoms with Gasteiger partial charge in [0.05, 0.1) is 18.5 Å². The fourth-order valence-corrected chi connectivity index (χ4v) is 3.07. The van der Waals surface area contributed by atoms with E-state index in [1.165, 1.54) is 0 Å². The van der Waals surface area contributed by atoms with Gasteiger partial charge in [0.2, 0.25) is 5.91 Å². The van der Waals surface area contributed by atoms with Crippen molar-refractivity contribution in [2.45, 2.75) is 6.42 Å². The molecule has 1 N–H and O–H groups in total. The summed E-state index contributed by atoms with van der Waals surface area (Å²) in [6, 6.07) is 16.8. The fourth-order valence-electron chi connectivity index (χ4n) is 2.55. The lowest BCUT2D eigenvalue weighted by molar-refractivity contribution is -0.115. The highest BCUT2D eigenvalue weighted by atomic mass is 35.5. The van der Waals surface area contributed by atoms with E-state index < -0.39 is 0 Å². The third-order valence-corrected chi connectivity index (χ3v) is 4.83. The number of benzene rings is 2. The Morgan fingerprint density at radius 3 is 2.52 bits per heavy atom. The van der Waals surface area contributed by atoms with E-state index in [1.54, 1.807) is 23.6 Å². The molecule has 0 aliphatic rings. The number of thioether (sulfide) groups is 1. The molecular weight excluding hydrogens is 382 g/mol. The van der Waals surface area contributed by atoms with E-state index in [9.17, 15) is 4.79 Å². The maximum Gasteiger partial charge on any atom is 0.226 e. The second kappa shape index (κ2) is 8.97. The molecule has 0 bridgehead atoms. The van der Waals surface area contributed by atoms with Crippen LogP contribution in [-0.4, -0.2) is 34.8 Å². The van der Waals surface area contributed by atoms with Crippen molar-refractivity contribution < 1.29 is 9.53 Å². The summed E-state index contributed by atoms with van der Waals surface area (Å²) in [5.74, 6) is 2.11. The maximum absolute atomic E-state index is 12.2. The van der Waals surface area contributed by atoms with Crippen LogP contribution in [0.4, 0.5) is 5.82 Å². The van der Waals surface area contributed by atoms with Crippen LogP contribution < -0.4 is 10.1 Å². The van der Waals surface area contributed by atoms with Crippen LogP contribution in [-0.2, 0) is 4.79 Å². The molecule has 0 saturated heterocycles. The number of amides is 1. The number of hydrogen-bond donors (Lipinski definition) is 1. The van der Waals surface area contributed by atoms with E-state index in [0.717, 1.165) is 28.4 Å². The van der Waals surface area contributed by atoms with Crippen molar-refractivity contribution in [1.29, 1.82) is 0 Å². The van der Waals surface area contributed by atoms with E-state index in [-0.39, 0.29) is 5.91 Å². The molecule has 27 heavy (non-hydrogen) atoms. The molecule has 5 nitrogen and oxygen atoms in total. The lowest BCUT2D eigenvalue weighted by atomic mass is 10.1. The van der Waals surface area contributed by atoms with Crippen LogP contribution in [0.1, 0.15) is 6.42 Å². The largest absolute Gasteiger partial charge is 0.497 e. The van der Waals surface area contributed by atoms with E-state index in [4.69, 9.17) is 16.3 Å². The van der Waals surface area contributed by atoms with Gasteiger partial charge in [0.25, 0.3) is 0 Å². The Bertz CT molecular complexity index is 908. The van der Waals surface area contributed by atoms with Crippen LogP contribution in [0.2, 0.25) is 5.02 Å². The summed E-state index contributed by atoms with van der Waals surface area (Å²) >= 11 is 7.62. The van der Waals surface area contributed by atoms with E-state index in [1.807, 2.05) is 60.9 Å². The van der Waals surface area contributed by atoms with Gasteiger partial charge < -0.3 is 10.1 Å². The molecule has 0 aliphatic heterocycles. The first-order valence-corrected chi connectivity index (χ1v) is 10.2. The van der Waals surface area contributed by atoms with Crippen LogP contribution in [0.15, 0.2) is 54.6 Å². The molecule has 7 heteroatoms. The lowest BCUT2D eigenvalue weighted by Crippen LogP contribution is -2.15. The minimum absolute atomic E-state index is 0.0401. The Labute approximate surface area is 167 Å². The zero-order chi connectivity index (χ0) is 19.2. The minimum atomic E-state index is -0.0401. The second-order valence-electron chi connectivity index (χ2n) is 5.82. The molecular formula is C20H20ClN3O2S. The number of nitrogens with one attached hydrogen (secondary N) is 1. The molecule has 0 aliphatic carbocycles. The third-order valence-electron chi connectivity index (χ3n) is 3.97. The SMILES string of the molecule is COc1ccc(-n2nc(-c3ccc(Cl)cc3)cc2NC(=O)CCSC)cc1. The summed E-state index contributed by atoms with van der Waals surface area (Å²) in [6.45, 7) is 0. The van der Waals surface area contributed by atoms with Gasteiger partial charge in [-0.1, -0.05) is 23.7 Å². The van der Waals surface area contributed by atoms with Crippen molar-refractivity contribution in [3.63, 3.8) is 0 Å². The molecule has 2 aromatic carbocycles. The zero-order valence-electron chi connectivity index (χ0n) is 15.1. The standard InChI is InChI=1S/C20H20ClN3O2S/c1-26-17-9-7-16(8-10-17)24-19(22-20(25)11-12-27-2)13-18(23-24)14-3-5-15(21)6-4-14/h3-10,13H,11-12H2,1-2H3,(H,22,25). The van der Waals surface area contributed by atoms with Crippen LogP contribution in [0.25, 0.3) is 16.9 Å². The number of carbonyl (C=O) groups is 1. The number of nitrogens with zero attached hydrogens (tertiary/aromatic N) is 2. The van der Waals surface area contributed by atoms with Gasteiger partial charge >= 0.3 is 0 Å². The number of ether oxygens (including phenoxy) is 1. The molecule has 3 aromatic rings. The Morgan fingerprint density at radius 2 is 1.89 bits per heavy atom. The Morgan fingerprint density at radius 1 is 1.19 bits per heavy atom. The first-order valence-electron chi connectivity index (χ1n) is 8.40. The summed E-state index contributed by atoms with van der Waals surface area (Å²) in [5, 5.41) is 8.31. The van der Waals surface area contributed by atoms with Gasteiger partial charge in [-0.2, -0.15) is 16.9 Å². The van der Waals surface area contributed by atoms with Gasteiger partial charge in [-0.05, 0) is 42.7 Å². The van der Waals surface area contributed by atoms with Crippen LogP contribution in [0.3, 0.4) is 0 Å². The molecule has 0 radical (unpaired) electrons. The summed E-state index contributed by atoms with van der Waals surface area (Å²) in [4.78, 5) is 12.2. The van der Waals surface area contributed by atoms with Gasteiger partial charge in [-0.3, -0.25) is 4.79 Å². The van der Waals surface area contributed by atoms with Crippen molar-refractivity contribution in [2.24, 2.45) is 0 Å². The van der Waals surface area contributed by atoms with E-state index in [0.29, 0.717) is 17.3 Å². The number of hydrogen-bond acceptors (Lipinski definition) is 4. The summed E-state index contributed by atoms with van der Waals surface area (Å²) in [7, 11) is 1.62. The van der Waals surface area contributed by atoms with Crippen LogP contribution in [0, 0.1) is 0 Å². The number of rotatable bonds is 7. The molecule has 0 fully saturated rings. The highest BCUT2D eigenvalue weighted by Crippen LogP contribution is 2.27. The molecule has 0 atom stereocenters. The normalized spacial score (nSPS) is 10.6. The molecule has 3 rings (SSSR count). The van der Waals surface area contributed by atoms with Crippen LogP contribution >= 0.6 is 23.4 Å². The number of methoxy groups -OCH3 is 1. The highest BCUT2D eigenvalue weighted by molar-refractivity contribution is 7.98. The van der Waals surface area contributed by atoms with Crippen molar-refractivity contribution in [2.75, 3.05) is 24.4 Å². The van der Waals surface area contributed by atoms with Crippen molar-refractivity contribution in [3.8, 4) is 22.7 Å². The Kier molecular flexibility index (Phi) is 6.42. The summed E-state index contributed by atoms with van der Waals surface area (Å²) < 4.78 is 6.94. The molecule has 1 heterocycles. The van der Waals surface area contributed by atoms with Crippen molar-refractivity contribution in [3.05, 3.63) is 59.6 Å². The van der Waals surface area contributed by atoms with E-state index >= 15 is 0 Å². The van der Waals surface area contributed by atoms with Gasteiger partial charge in [-0.25, -0.2) is 4.68 Å². The summed E-state index contributed by atoms with van der Waals surface area (Å²) in [6.07, 6.45) is 2.43. The summed E-state index contributed by atoms with van der Waals surface area (Å²) in [5.41, 5.74) is 2.50. The molecule has 140 valence electrons. The number of anilines is 1. The van der Waals surface area contributed by atoms with Crippen LogP contribution in [0.5, 0.6) is 5.75 Å². The Hall–Kier alpha value is -2.44. The third kappa shape index (κ3) is 4.84. The molecule has 0 spiro atoms. The predicted octanol–water partition coefficient (Wildman–Crippen LogP) is 4.89. The Balaban J connectivity index is 1.97. The quantitative estimate of drug-likeness (QED) is 0.612. The van der Waals surface area contributed by atoms with Gasteiger partial charge in [0, 0.05) is 28.8 Å². The van der Waals surface area contributed by atoms with Gasteiger partial charge in [-0.15, -0.1) is 0 Å². The topological polar surface area (TPSA) is 56.1 Å². The molecule has 1 amide bonds. The van der Waals surface area contributed by atoms with E-state index in [2.05, 4.69) is 10.4 Å². The first-order chi connectivity index (χ1) is 13.1. The van der Waals surface area contributed by atoms with Crippen molar-refractivity contribution >= 4 is 35.1 Å². The molecule has 0 saturated carbocycles.